The van der Waals surface area contributed by atoms with Crippen molar-refractivity contribution in [2.45, 2.75) is 25.6 Å². The lowest BCUT2D eigenvalue weighted by molar-refractivity contribution is -0.192. The fourth-order valence-corrected chi connectivity index (χ4v) is 5.20. The zero-order chi connectivity index (χ0) is 24.1. The number of amides is 1. The van der Waals surface area contributed by atoms with Crippen molar-refractivity contribution in [1.29, 1.82) is 0 Å². The van der Waals surface area contributed by atoms with E-state index in [9.17, 15) is 18.0 Å². The molecule has 2 aromatic rings. The van der Waals surface area contributed by atoms with Gasteiger partial charge < -0.3 is 19.2 Å². The van der Waals surface area contributed by atoms with Crippen LogP contribution in [0.5, 0.6) is 0 Å². The van der Waals surface area contributed by atoms with E-state index in [1.807, 2.05) is 4.90 Å². The third-order valence-electron chi connectivity index (χ3n) is 6.28. The normalized spacial score (nSPS) is 20.5. The van der Waals surface area contributed by atoms with E-state index < -0.39 is 12.1 Å². The third-order valence-corrected chi connectivity index (χ3v) is 7.01. The van der Waals surface area contributed by atoms with Gasteiger partial charge in [-0.15, -0.1) is 0 Å². The van der Waals surface area contributed by atoms with Gasteiger partial charge in [-0.2, -0.15) is 24.5 Å². The maximum Gasteiger partial charge on any atom is 0.490 e. The third kappa shape index (κ3) is 6.36. The van der Waals surface area contributed by atoms with Crippen LogP contribution in [0, 0.1) is 11.3 Å². The molecule has 4 heterocycles. The highest BCUT2D eigenvalue weighted by Crippen LogP contribution is 2.45. The maximum absolute atomic E-state index is 12.7. The molecule has 7 nitrogen and oxygen atoms in total. The monoisotopic (exact) mass is 488 g/mol. The zero-order valence-electron chi connectivity index (χ0n) is 18.2. The average molecular weight is 489 g/mol. The van der Waals surface area contributed by atoms with E-state index in [2.05, 4.69) is 21.7 Å². The number of piperidine rings is 1. The number of methoxy groups -OCH3 is 1. The van der Waals surface area contributed by atoms with Gasteiger partial charge >= 0.3 is 12.1 Å². The number of hydrogen-bond acceptors (Lipinski definition) is 6. The summed E-state index contributed by atoms with van der Waals surface area (Å²) in [5.41, 5.74) is 1.57. The molecule has 2 aliphatic rings. The average Bonchev–Trinajstić information content (AvgIpc) is 3.52. The number of alkyl halides is 3. The molecule has 33 heavy (non-hydrogen) atoms. The van der Waals surface area contributed by atoms with E-state index >= 15 is 0 Å². The van der Waals surface area contributed by atoms with Gasteiger partial charge in [-0.1, -0.05) is 0 Å². The van der Waals surface area contributed by atoms with Crippen LogP contribution in [-0.2, 0) is 16.1 Å². The minimum Gasteiger partial charge on any atom is -0.475 e. The first-order chi connectivity index (χ1) is 15.6. The Morgan fingerprint density at radius 3 is 2.52 bits per heavy atom. The fraction of sp³-hybridized carbons (Fsp3) is 0.545. The summed E-state index contributed by atoms with van der Waals surface area (Å²) in [5.74, 6) is -1.91. The van der Waals surface area contributed by atoms with Crippen molar-refractivity contribution in [3.05, 3.63) is 46.5 Å². The summed E-state index contributed by atoms with van der Waals surface area (Å²) in [6.45, 7) is 5.48. The first-order valence-electron chi connectivity index (χ1n) is 10.5. The lowest BCUT2D eigenvalue weighted by Gasteiger charge is -2.42. The molecule has 2 saturated heterocycles. The smallest absolute Gasteiger partial charge is 0.475 e. The summed E-state index contributed by atoms with van der Waals surface area (Å²) in [7, 11) is 1.76. The van der Waals surface area contributed by atoms with E-state index in [-0.39, 0.29) is 11.3 Å². The number of halogens is 3. The van der Waals surface area contributed by atoms with Gasteiger partial charge in [0.2, 0.25) is 0 Å². The Hall–Kier alpha value is -2.37. The standard InChI is InChI=1S/C20H26N2O3S.C2HF3O2/c1-24-13-17-12-22(19(23)18-3-2-9-25-18)15-20(17)5-7-21(8-6-20)11-16-4-10-26-14-16;3-2(4,5)1(6)7/h2-4,9-10,14,17H,5-8,11-13,15H2,1H3;(H,6,7). The first-order valence-corrected chi connectivity index (χ1v) is 11.4. The lowest BCUT2D eigenvalue weighted by Crippen LogP contribution is -2.45. The largest absolute Gasteiger partial charge is 0.490 e. The summed E-state index contributed by atoms with van der Waals surface area (Å²) >= 11 is 1.76. The number of furan rings is 1. The van der Waals surface area contributed by atoms with Gasteiger partial charge in [0.1, 0.15) is 0 Å². The molecule has 0 saturated carbocycles. The summed E-state index contributed by atoms with van der Waals surface area (Å²) < 4.78 is 42.6. The van der Waals surface area contributed by atoms with Crippen LogP contribution < -0.4 is 0 Å². The predicted molar refractivity (Wildman–Crippen MR) is 115 cm³/mol. The van der Waals surface area contributed by atoms with Crippen LogP contribution in [0.1, 0.15) is 29.0 Å². The number of carbonyl (C=O) groups excluding carboxylic acids is 1. The molecular formula is C22H27F3N2O5S. The number of rotatable bonds is 5. The number of nitrogens with zero attached hydrogens (tertiary/aromatic N) is 2. The van der Waals surface area contributed by atoms with E-state index in [1.54, 1.807) is 36.8 Å². The number of carboxylic acid groups (broad SMARTS) is 1. The Bertz CT molecular complexity index is 894. The minimum absolute atomic E-state index is 0.00804. The molecule has 2 aliphatic heterocycles. The molecule has 1 amide bonds. The first kappa shape index (κ1) is 25.3. The molecule has 0 aliphatic carbocycles. The number of aliphatic carboxylic acids is 1. The SMILES string of the molecule is COCC1CN(C(=O)c2ccco2)CC12CCN(Cc1ccsc1)CC2.O=C(O)C(F)(F)F. The van der Waals surface area contributed by atoms with Crippen LogP contribution >= 0.6 is 11.3 Å². The zero-order valence-corrected chi connectivity index (χ0v) is 19.0. The molecule has 11 heteroatoms. The number of ether oxygens (including phenoxy) is 1. The van der Waals surface area contributed by atoms with E-state index in [0.717, 1.165) is 45.6 Å². The Morgan fingerprint density at radius 1 is 1.30 bits per heavy atom. The molecule has 1 unspecified atom stereocenters. The lowest BCUT2D eigenvalue weighted by atomic mass is 9.71. The van der Waals surface area contributed by atoms with Gasteiger partial charge in [0, 0.05) is 32.7 Å². The van der Waals surface area contributed by atoms with E-state index in [0.29, 0.717) is 18.3 Å². The molecule has 0 aromatic carbocycles. The van der Waals surface area contributed by atoms with Gasteiger partial charge in [-0.05, 0) is 65.9 Å². The van der Waals surface area contributed by atoms with Crippen molar-refractivity contribution in [2.75, 3.05) is 39.9 Å². The van der Waals surface area contributed by atoms with E-state index in [1.165, 1.54) is 5.56 Å². The molecule has 2 fully saturated rings. The van der Waals surface area contributed by atoms with Crippen LogP contribution in [0.25, 0.3) is 0 Å². The molecule has 0 radical (unpaired) electrons. The molecule has 0 bridgehead atoms. The Balaban J connectivity index is 0.000000383. The van der Waals surface area contributed by atoms with Crippen molar-refractivity contribution in [1.82, 2.24) is 9.80 Å². The Morgan fingerprint density at radius 2 is 2.00 bits per heavy atom. The molecule has 1 atom stereocenters. The fourth-order valence-electron chi connectivity index (χ4n) is 4.54. The van der Waals surface area contributed by atoms with Gasteiger partial charge in [-0.25, -0.2) is 4.79 Å². The summed E-state index contributed by atoms with van der Waals surface area (Å²) in [4.78, 5) is 26.1. The van der Waals surface area contributed by atoms with Crippen LogP contribution in [0.2, 0.25) is 0 Å². The maximum atomic E-state index is 12.7. The second kappa shape index (κ2) is 10.7. The second-order valence-corrected chi connectivity index (χ2v) is 9.17. The summed E-state index contributed by atoms with van der Waals surface area (Å²) in [6.07, 6.45) is -1.28. The second-order valence-electron chi connectivity index (χ2n) is 8.39. The Kier molecular flexibility index (Phi) is 8.19. The van der Waals surface area contributed by atoms with Gasteiger partial charge in [0.15, 0.2) is 5.76 Å². The van der Waals surface area contributed by atoms with Crippen LogP contribution in [0.4, 0.5) is 13.2 Å². The summed E-state index contributed by atoms with van der Waals surface area (Å²) in [6, 6.07) is 5.73. The number of hydrogen-bond donors (Lipinski definition) is 1. The predicted octanol–water partition coefficient (Wildman–Crippen LogP) is 3.98. The molecule has 1 spiro atoms. The highest BCUT2D eigenvalue weighted by Gasteiger charge is 2.49. The topological polar surface area (TPSA) is 83.2 Å². The van der Waals surface area contributed by atoms with Crippen LogP contribution in [0.15, 0.2) is 39.6 Å². The van der Waals surface area contributed by atoms with Crippen molar-refractivity contribution in [2.24, 2.45) is 11.3 Å². The Labute approximate surface area is 193 Å². The van der Waals surface area contributed by atoms with E-state index in [4.69, 9.17) is 19.1 Å². The van der Waals surface area contributed by atoms with Crippen molar-refractivity contribution >= 4 is 23.2 Å². The minimum atomic E-state index is -5.08. The quantitative estimate of drug-likeness (QED) is 0.686. The van der Waals surface area contributed by atoms with Crippen molar-refractivity contribution < 1.29 is 37.0 Å². The van der Waals surface area contributed by atoms with Gasteiger partial charge in [-0.3, -0.25) is 9.69 Å². The molecule has 182 valence electrons. The van der Waals surface area contributed by atoms with Crippen molar-refractivity contribution in [3.63, 3.8) is 0 Å². The van der Waals surface area contributed by atoms with Crippen LogP contribution in [0.3, 0.4) is 0 Å². The highest BCUT2D eigenvalue weighted by molar-refractivity contribution is 7.07. The number of likely N-dealkylation sites (tertiary alicyclic amines) is 2. The van der Waals surface area contributed by atoms with Gasteiger partial charge in [0.05, 0.1) is 12.9 Å². The summed E-state index contributed by atoms with van der Waals surface area (Å²) in [5, 5.41) is 11.5. The molecule has 4 rings (SSSR count). The molecular weight excluding hydrogens is 461 g/mol. The highest BCUT2D eigenvalue weighted by atomic mass is 32.1. The van der Waals surface area contributed by atoms with Gasteiger partial charge in [0.25, 0.3) is 5.91 Å². The van der Waals surface area contributed by atoms with Crippen molar-refractivity contribution in [3.8, 4) is 0 Å². The number of carbonyl (C=O) groups is 2. The number of carboxylic acids is 1. The molecule has 2 aromatic heterocycles. The molecule has 1 N–H and O–H groups in total. The number of thiophene rings is 1. The van der Waals surface area contributed by atoms with Crippen LogP contribution in [-0.4, -0.2) is 72.9 Å².